The van der Waals surface area contributed by atoms with Crippen molar-refractivity contribution in [3.05, 3.63) is 63.1 Å². The highest BCUT2D eigenvalue weighted by Gasteiger charge is 2.24. The normalized spacial score (nSPS) is 11.7. The monoisotopic (exact) mass is 370 g/mol. The summed E-state index contributed by atoms with van der Waals surface area (Å²) in [6.07, 6.45) is 1.53. The number of hydrogen-bond donors (Lipinski definition) is 0. The molecule has 0 aliphatic rings. The summed E-state index contributed by atoms with van der Waals surface area (Å²) in [5, 5.41) is 0. The predicted molar refractivity (Wildman–Crippen MR) is 100 cm³/mol. The molecule has 8 nitrogen and oxygen atoms in total. The van der Waals surface area contributed by atoms with Crippen molar-refractivity contribution in [2.45, 2.75) is 34.0 Å². The Balaban J connectivity index is 2.05. The number of aromatic nitrogens is 4. The van der Waals surface area contributed by atoms with Crippen LogP contribution in [0.5, 0.6) is 0 Å². The minimum Gasteiger partial charge on any atom is -0.443 e. The van der Waals surface area contributed by atoms with E-state index in [1.54, 1.807) is 25.3 Å². The molecule has 0 radical (unpaired) electrons. The molecule has 142 valence electrons. The maximum Gasteiger partial charge on any atom is 0.335 e. The zero-order chi connectivity index (χ0) is 19.8. The second-order valence-electron chi connectivity index (χ2n) is 7.42. The summed E-state index contributed by atoms with van der Waals surface area (Å²) in [5.74, 6) is -0.491. The number of esters is 1. The standard InChI is InChI=1S/C19H22N4O4/c1-19(2,3)17(25)27-12-23-16(24)14-15(21(4)18(23)26)20-11-22(14)10-13-8-6-5-7-9-13/h5-9,11H,10,12H2,1-4H3. The average Bonchev–Trinajstić information content (AvgIpc) is 3.03. The molecule has 27 heavy (non-hydrogen) atoms. The van der Waals surface area contributed by atoms with E-state index in [2.05, 4.69) is 4.98 Å². The topological polar surface area (TPSA) is 88.1 Å². The Morgan fingerprint density at radius 1 is 1.15 bits per heavy atom. The summed E-state index contributed by atoms with van der Waals surface area (Å²) < 4.78 is 9.06. The van der Waals surface area contributed by atoms with E-state index in [0.29, 0.717) is 12.2 Å². The van der Waals surface area contributed by atoms with Crippen molar-refractivity contribution in [2.24, 2.45) is 12.5 Å². The molecule has 0 amide bonds. The van der Waals surface area contributed by atoms with Gasteiger partial charge >= 0.3 is 11.7 Å². The van der Waals surface area contributed by atoms with Crippen LogP contribution in [-0.2, 0) is 29.9 Å². The first kappa shape index (κ1) is 18.6. The number of aryl methyl sites for hydroxylation is 1. The van der Waals surface area contributed by atoms with E-state index >= 15 is 0 Å². The zero-order valence-electron chi connectivity index (χ0n) is 15.8. The number of nitrogens with zero attached hydrogens (tertiary/aromatic N) is 4. The van der Waals surface area contributed by atoms with E-state index in [0.717, 1.165) is 10.1 Å². The third-order valence-electron chi connectivity index (χ3n) is 4.23. The summed E-state index contributed by atoms with van der Waals surface area (Å²) in [4.78, 5) is 41.7. The van der Waals surface area contributed by atoms with Gasteiger partial charge in [0, 0.05) is 13.6 Å². The number of ether oxygens (including phenoxy) is 1. The molecule has 0 saturated heterocycles. The molecule has 0 atom stereocenters. The SMILES string of the molecule is Cn1c(=O)n(COC(=O)C(C)(C)C)c(=O)c2c1ncn2Cc1ccccc1. The van der Waals surface area contributed by atoms with Crippen molar-refractivity contribution in [1.82, 2.24) is 18.7 Å². The van der Waals surface area contributed by atoms with E-state index in [4.69, 9.17) is 4.74 Å². The van der Waals surface area contributed by atoms with Gasteiger partial charge < -0.3 is 9.30 Å². The molecule has 1 aromatic carbocycles. The van der Waals surface area contributed by atoms with Crippen LogP contribution in [0.3, 0.4) is 0 Å². The highest BCUT2D eigenvalue weighted by atomic mass is 16.5. The Morgan fingerprint density at radius 2 is 1.81 bits per heavy atom. The lowest BCUT2D eigenvalue weighted by Crippen LogP contribution is -2.41. The fraction of sp³-hybridized carbons (Fsp3) is 0.368. The second kappa shape index (κ2) is 6.86. The molecule has 0 aliphatic heterocycles. The number of imidazole rings is 1. The number of fused-ring (bicyclic) bond motifs is 1. The summed E-state index contributed by atoms with van der Waals surface area (Å²) in [5.41, 5.74) is -0.279. The number of carbonyl (C=O) groups is 1. The van der Waals surface area contributed by atoms with Crippen LogP contribution in [0, 0.1) is 5.41 Å². The van der Waals surface area contributed by atoms with Gasteiger partial charge in [0.25, 0.3) is 5.56 Å². The lowest BCUT2D eigenvalue weighted by Gasteiger charge is -2.17. The lowest BCUT2D eigenvalue weighted by atomic mass is 9.98. The van der Waals surface area contributed by atoms with Crippen LogP contribution in [-0.4, -0.2) is 24.7 Å². The first-order chi connectivity index (χ1) is 12.7. The van der Waals surface area contributed by atoms with Crippen LogP contribution in [0.15, 0.2) is 46.2 Å². The fourth-order valence-corrected chi connectivity index (χ4v) is 2.68. The molecule has 0 saturated carbocycles. The van der Waals surface area contributed by atoms with Gasteiger partial charge in [-0.1, -0.05) is 30.3 Å². The molecule has 2 aromatic heterocycles. The lowest BCUT2D eigenvalue weighted by molar-refractivity contribution is -0.157. The summed E-state index contributed by atoms with van der Waals surface area (Å²) in [6, 6.07) is 9.62. The Kier molecular flexibility index (Phi) is 4.73. The van der Waals surface area contributed by atoms with E-state index < -0.39 is 29.4 Å². The van der Waals surface area contributed by atoms with Crippen molar-refractivity contribution >= 4 is 17.1 Å². The molecule has 3 aromatic rings. The molecule has 0 aliphatic carbocycles. The van der Waals surface area contributed by atoms with Crippen LogP contribution in [0.4, 0.5) is 0 Å². The zero-order valence-corrected chi connectivity index (χ0v) is 15.8. The highest BCUT2D eigenvalue weighted by Crippen LogP contribution is 2.15. The third kappa shape index (κ3) is 3.55. The van der Waals surface area contributed by atoms with E-state index in [9.17, 15) is 14.4 Å². The summed E-state index contributed by atoms with van der Waals surface area (Å²) in [7, 11) is 1.53. The molecule has 0 N–H and O–H groups in total. The van der Waals surface area contributed by atoms with E-state index in [1.165, 1.54) is 17.9 Å². The van der Waals surface area contributed by atoms with Gasteiger partial charge in [0.15, 0.2) is 17.9 Å². The Labute approximate surface area is 155 Å². The number of benzene rings is 1. The summed E-state index contributed by atoms with van der Waals surface area (Å²) >= 11 is 0. The van der Waals surface area contributed by atoms with Crippen LogP contribution >= 0.6 is 0 Å². The fourth-order valence-electron chi connectivity index (χ4n) is 2.68. The molecule has 0 unspecified atom stereocenters. The third-order valence-corrected chi connectivity index (χ3v) is 4.23. The number of carbonyl (C=O) groups excluding carboxylic acids is 1. The number of rotatable bonds is 4. The minimum atomic E-state index is -0.728. The Bertz CT molecular complexity index is 1100. The van der Waals surface area contributed by atoms with Gasteiger partial charge in [-0.05, 0) is 26.3 Å². The quantitative estimate of drug-likeness (QED) is 0.649. The number of hydrogen-bond acceptors (Lipinski definition) is 5. The average molecular weight is 370 g/mol. The van der Waals surface area contributed by atoms with Crippen molar-refractivity contribution in [3.8, 4) is 0 Å². The summed E-state index contributed by atoms with van der Waals surface area (Å²) in [6.45, 7) is 5.11. The molecule has 0 bridgehead atoms. The molecular weight excluding hydrogens is 348 g/mol. The smallest absolute Gasteiger partial charge is 0.335 e. The molecule has 0 spiro atoms. The maximum atomic E-state index is 12.9. The molecular formula is C19H22N4O4. The van der Waals surface area contributed by atoms with Gasteiger partial charge in [-0.3, -0.25) is 14.2 Å². The van der Waals surface area contributed by atoms with Crippen molar-refractivity contribution in [2.75, 3.05) is 0 Å². The van der Waals surface area contributed by atoms with Gasteiger partial charge in [-0.2, -0.15) is 0 Å². The predicted octanol–water partition coefficient (Wildman–Crippen LogP) is 1.49. The Morgan fingerprint density at radius 3 is 2.44 bits per heavy atom. The van der Waals surface area contributed by atoms with E-state index in [1.807, 2.05) is 30.3 Å². The van der Waals surface area contributed by atoms with Gasteiger partial charge in [-0.25, -0.2) is 14.3 Å². The largest absolute Gasteiger partial charge is 0.443 e. The van der Waals surface area contributed by atoms with Gasteiger partial charge in [0.1, 0.15) is 0 Å². The van der Waals surface area contributed by atoms with Crippen LogP contribution in [0.2, 0.25) is 0 Å². The van der Waals surface area contributed by atoms with E-state index in [-0.39, 0.29) is 5.52 Å². The van der Waals surface area contributed by atoms with Gasteiger partial charge in [0.2, 0.25) is 0 Å². The first-order valence-corrected chi connectivity index (χ1v) is 8.56. The van der Waals surface area contributed by atoms with Gasteiger partial charge in [-0.15, -0.1) is 0 Å². The van der Waals surface area contributed by atoms with Crippen LogP contribution in [0.1, 0.15) is 26.3 Å². The second-order valence-corrected chi connectivity index (χ2v) is 7.42. The maximum absolute atomic E-state index is 12.9. The van der Waals surface area contributed by atoms with Crippen molar-refractivity contribution in [1.29, 1.82) is 0 Å². The molecule has 8 heteroatoms. The molecule has 2 heterocycles. The Hall–Kier alpha value is -3.16. The molecule has 3 rings (SSSR count). The van der Waals surface area contributed by atoms with Crippen molar-refractivity contribution in [3.63, 3.8) is 0 Å². The van der Waals surface area contributed by atoms with Crippen LogP contribution < -0.4 is 11.2 Å². The highest BCUT2D eigenvalue weighted by molar-refractivity contribution is 5.75. The molecule has 0 fully saturated rings. The van der Waals surface area contributed by atoms with Crippen molar-refractivity contribution < 1.29 is 9.53 Å². The minimum absolute atomic E-state index is 0.285. The first-order valence-electron chi connectivity index (χ1n) is 8.56. The van der Waals surface area contributed by atoms with Gasteiger partial charge in [0.05, 0.1) is 11.7 Å². The van der Waals surface area contributed by atoms with Crippen LogP contribution in [0.25, 0.3) is 11.2 Å².